The lowest BCUT2D eigenvalue weighted by Gasteiger charge is -2.00. The average Bonchev–Trinajstić information content (AvgIpc) is 2.32. The van der Waals surface area contributed by atoms with Crippen LogP contribution < -0.4 is 0 Å². The quantitative estimate of drug-likeness (QED) is 0.578. The number of carbonyl (C=O) groups excluding carboxylic acids is 1. The normalized spacial score (nSPS) is 29.4. The second-order valence-corrected chi connectivity index (χ2v) is 3.22. The van der Waals surface area contributed by atoms with Crippen LogP contribution in [0.25, 0.3) is 0 Å². The van der Waals surface area contributed by atoms with Crippen LogP contribution in [-0.2, 0) is 4.79 Å². The summed E-state index contributed by atoms with van der Waals surface area (Å²) >= 11 is 0. The monoisotopic (exact) mass is 154 g/mol. The maximum Gasteiger partial charge on any atom is 0.161 e. The van der Waals surface area contributed by atoms with Crippen molar-refractivity contribution in [3.63, 3.8) is 0 Å². The number of aliphatic hydroxyl groups excluding tert-OH is 1. The Kier molecular flexibility index (Phi) is 2.45. The van der Waals surface area contributed by atoms with Crippen LogP contribution in [0.1, 0.15) is 26.7 Å². The fourth-order valence-corrected chi connectivity index (χ4v) is 1.43. The zero-order valence-electron chi connectivity index (χ0n) is 7.05. The molecule has 1 aliphatic carbocycles. The van der Waals surface area contributed by atoms with Crippen molar-refractivity contribution in [2.45, 2.75) is 26.7 Å². The molecule has 1 rings (SSSR count). The third kappa shape index (κ3) is 1.51. The molecule has 0 heterocycles. The van der Waals surface area contributed by atoms with Crippen LogP contribution in [0.2, 0.25) is 0 Å². The lowest BCUT2D eigenvalue weighted by molar-refractivity contribution is -0.117. The van der Waals surface area contributed by atoms with E-state index in [-0.39, 0.29) is 18.3 Å². The van der Waals surface area contributed by atoms with Crippen LogP contribution in [0.4, 0.5) is 0 Å². The zero-order valence-corrected chi connectivity index (χ0v) is 7.05. The number of Topliss-reactive ketones (excluding diaryl/α,β-unsaturated/α-hetero) is 1. The first-order chi connectivity index (χ1) is 5.16. The Morgan fingerprint density at radius 3 is 2.73 bits per heavy atom. The number of rotatable bonds is 1. The van der Waals surface area contributed by atoms with Gasteiger partial charge in [-0.05, 0) is 30.9 Å². The Morgan fingerprint density at radius 2 is 2.36 bits per heavy atom. The molecule has 0 saturated heterocycles. The average molecular weight is 154 g/mol. The molecule has 0 aromatic carbocycles. The van der Waals surface area contributed by atoms with E-state index in [2.05, 4.69) is 0 Å². The van der Waals surface area contributed by atoms with Crippen LogP contribution in [0.3, 0.4) is 0 Å². The first-order valence-corrected chi connectivity index (χ1v) is 4.00. The fraction of sp³-hybridized carbons (Fsp3) is 0.667. The standard InChI is InChI=1S/C9H14O2/c1-6-3-4-8(9(6)11)7(2)5-10/h6,10H,3-5H2,1-2H3/b8-7-. The first kappa shape index (κ1) is 8.47. The number of hydrogen-bond donors (Lipinski definition) is 1. The molecule has 0 amide bonds. The molecule has 1 fully saturated rings. The molecular weight excluding hydrogens is 140 g/mol. The minimum Gasteiger partial charge on any atom is -0.392 e. The fourth-order valence-electron chi connectivity index (χ4n) is 1.43. The van der Waals surface area contributed by atoms with Gasteiger partial charge in [0.25, 0.3) is 0 Å². The smallest absolute Gasteiger partial charge is 0.161 e. The van der Waals surface area contributed by atoms with Crippen LogP contribution in [0, 0.1) is 5.92 Å². The van der Waals surface area contributed by atoms with Crippen molar-refractivity contribution in [1.29, 1.82) is 0 Å². The van der Waals surface area contributed by atoms with Gasteiger partial charge in [0, 0.05) is 5.92 Å². The van der Waals surface area contributed by atoms with Gasteiger partial charge in [-0.2, -0.15) is 0 Å². The van der Waals surface area contributed by atoms with E-state index in [0.717, 1.165) is 24.0 Å². The molecule has 1 N–H and O–H groups in total. The van der Waals surface area contributed by atoms with E-state index in [4.69, 9.17) is 5.11 Å². The molecule has 1 aliphatic rings. The Labute approximate surface area is 66.9 Å². The summed E-state index contributed by atoms with van der Waals surface area (Å²) in [5.74, 6) is 0.406. The van der Waals surface area contributed by atoms with Crippen LogP contribution in [-0.4, -0.2) is 17.5 Å². The summed E-state index contributed by atoms with van der Waals surface area (Å²) in [5, 5.41) is 8.79. The molecule has 2 heteroatoms. The number of aliphatic hydroxyl groups is 1. The van der Waals surface area contributed by atoms with Gasteiger partial charge in [0.1, 0.15) is 0 Å². The molecule has 0 aliphatic heterocycles. The van der Waals surface area contributed by atoms with Crippen molar-refractivity contribution < 1.29 is 9.90 Å². The summed E-state index contributed by atoms with van der Waals surface area (Å²) < 4.78 is 0. The summed E-state index contributed by atoms with van der Waals surface area (Å²) in [7, 11) is 0. The molecule has 1 unspecified atom stereocenters. The summed E-state index contributed by atoms with van der Waals surface area (Å²) in [6.07, 6.45) is 1.80. The van der Waals surface area contributed by atoms with E-state index < -0.39 is 0 Å². The number of carbonyl (C=O) groups is 1. The van der Waals surface area contributed by atoms with Crippen LogP contribution >= 0.6 is 0 Å². The van der Waals surface area contributed by atoms with Gasteiger partial charge in [0.2, 0.25) is 0 Å². The Bertz CT molecular complexity index is 204. The molecular formula is C9H14O2. The molecule has 0 aromatic rings. The predicted molar refractivity (Wildman–Crippen MR) is 43.2 cm³/mol. The third-order valence-electron chi connectivity index (χ3n) is 2.32. The molecule has 0 spiro atoms. The van der Waals surface area contributed by atoms with Crippen molar-refractivity contribution in [1.82, 2.24) is 0 Å². The minimum atomic E-state index is 0.0216. The highest BCUT2D eigenvalue weighted by atomic mass is 16.3. The first-order valence-electron chi connectivity index (χ1n) is 4.00. The Hall–Kier alpha value is -0.630. The highest BCUT2D eigenvalue weighted by Gasteiger charge is 2.26. The highest BCUT2D eigenvalue weighted by molar-refractivity contribution is 5.99. The second kappa shape index (κ2) is 3.18. The van der Waals surface area contributed by atoms with Gasteiger partial charge in [-0.1, -0.05) is 6.92 Å². The minimum absolute atomic E-state index is 0.0216. The molecule has 0 radical (unpaired) electrons. The van der Waals surface area contributed by atoms with Gasteiger partial charge in [-0.3, -0.25) is 4.79 Å². The van der Waals surface area contributed by atoms with E-state index >= 15 is 0 Å². The third-order valence-corrected chi connectivity index (χ3v) is 2.32. The Morgan fingerprint density at radius 1 is 1.73 bits per heavy atom. The van der Waals surface area contributed by atoms with Gasteiger partial charge < -0.3 is 5.11 Å². The van der Waals surface area contributed by atoms with Crippen molar-refractivity contribution >= 4 is 5.78 Å². The van der Waals surface area contributed by atoms with E-state index in [9.17, 15) is 4.79 Å². The maximum absolute atomic E-state index is 11.3. The van der Waals surface area contributed by atoms with Gasteiger partial charge in [-0.25, -0.2) is 0 Å². The molecule has 1 atom stereocenters. The number of hydrogen-bond acceptors (Lipinski definition) is 2. The number of allylic oxidation sites excluding steroid dienone is 1. The predicted octanol–water partition coefficient (Wildman–Crippen LogP) is 1.29. The largest absolute Gasteiger partial charge is 0.392 e. The van der Waals surface area contributed by atoms with E-state index in [1.165, 1.54) is 0 Å². The van der Waals surface area contributed by atoms with Gasteiger partial charge in [0.15, 0.2) is 5.78 Å². The van der Waals surface area contributed by atoms with E-state index in [1.54, 1.807) is 0 Å². The second-order valence-electron chi connectivity index (χ2n) is 3.22. The van der Waals surface area contributed by atoms with Gasteiger partial charge in [-0.15, -0.1) is 0 Å². The van der Waals surface area contributed by atoms with Crippen LogP contribution in [0.5, 0.6) is 0 Å². The van der Waals surface area contributed by atoms with Crippen molar-refractivity contribution in [2.75, 3.05) is 6.61 Å². The SMILES string of the molecule is C/C(CO)=C1\CCC(C)C1=O. The van der Waals surface area contributed by atoms with Crippen molar-refractivity contribution in [3.05, 3.63) is 11.1 Å². The molecule has 11 heavy (non-hydrogen) atoms. The molecule has 62 valence electrons. The van der Waals surface area contributed by atoms with Crippen molar-refractivity contribution in [3.8, 4) is 0 Å². The maximum atomic E-state index is 11.3. The van der Waals surface area contributed by atoms with Gasteiger partial charge >= 0.3 is 0 Å². The lowest BCUT2D eigenvalue weighted by Crippen LogP contribution is -2.05. The number of ketones is 1. The summed E-state index contributed by atoms with van der Waals surface area (Å²) in [4.78, 5) is 11.3. The van der Waals surface area contributed by atoms with Crippen LogP contribution in [0.15, 0.2) is 11.1 Å². The summed E-state index contributed by atoms with van der Waals surface area (Å²) in [5.41, 5.74) is 1.71. The summed E-state index contributed by atoms with van der Waals surface area (Å²) in [6.45, 7) is 3.79. The molecule has 2 nitrogen and oxygen atoms in total. The van der Waals surface area contributed by atoms with Gasteiger partial charge in [0.05, 0.1) is 6.61 Å². The lowest BCUT2D eigenvalue weighted by atomic mass is 10.1. The van der Waals surface area contributed by atoms with Crippen molar-refractivity contribution in [2.24, 2.45) is 5.92 Å². The van der Waals surface area contributed by atoms with E-state index in [0.29, 0.717) is 0 Å². The molecule has 1 saturated carbocycles. The molecule has 0 aromatic heterocycles. The molecule has 0 bridgehead atoms. The van der Waals surface area contributed by atoms with E-state index in [1.807, 2.05) is 13.8 Å². The topological polar surface area (TPSA) is 37.3 Å². The zero-order chi connectivity index (χ0) is 8.43. The highest BCUT2D eigenvalue weighted by Crippen LogP contribution is 2.28. The Balaban J connectivity index is 2.84. The summed E-state index contributed by atoms with van der Waals surface area (Å²) in [6, 6.07) is 0.